The predicted molar refractivity (Wildman–Crippen MR) is 101 cm³/mol. The summed E-state index contributed by atoms with van der Waals surface area (Å²) in [4.78, 5) is 2.56. The molecule has 25 heavy (non-hydrogen) atoms. The molecule has 0 radical (unpaired) electrons. The third kappa shape index (κ3) is 2.99. The summed E-state index contributed by atoms with van der Waals surface area (Å²) in [5.41, 5.74) is 3.84. The van der Waals surface area contributed by atoms with Gasteiger partial charge in [0.05, 0.1) is 6.04 Å². The molecule has 1 aromatic carbocycles. The minimum atomic E-state index is 0.375. The van der Waals surface area contributed by atoms with Crippen LogP contribution in [0.1, 0.15) is 62.6 Å². The molecule has 2 aromatic heterocycles. The summed E-state index contributed by atoms with van der Waals surface area (Å²) in [6.07, 6.45) is 4.71. The smallest absolute Gasteiger partial charge is 0.139 e. The van der Waals surface area contributed by atoms with Crippen molar-refractivity contribution in [1.29, 1.82) is 0 Å². The summed E-state index contributed by atoms with van der Waals surface area (Å²) >= 11 is 0. The van der Waals surface area contributed by atoms with Crippen molar-refractivity contribution in [2.24, 2.45) is 0 Å². The summed E-state index contributed by atoms with van der Waals surface area (Å²) < 4.78 is 7.90. The average molecular weight is 337 g/mol. The van der Waals surface area contributed by atoms with Crippen LogP contribution in [0.5, 0.6) is 0 Å². The van der Waals surface area contributed by atoms with Crippen LogP contribution in [0.25, 0.3) is 10.9 Å². The molecule has 1 aliphatic heterocycles. The van der Waals surface area contributed by atoms with Gasteiger partial charge in [0.1, 0.15) is 11.5 Å². The number of hydrogen-bond donors (Lipinski definition) is 0. The fourth-order valence-electron chi connectivity index (χ4n) is 4.01. The number of para-hydroxylation sites is 1. The van der Waals surface area contributed by atoms with Crippen molar-refractivity contribution in [3.05, 3.63) is 53.5 Å². The highest BCUT2D eigenvalue weighted by Gasteiger charge is 2.29. The number of nitrogens with zero attached hydrogens (tertiary/aromatic N) is 3. The molecule has 4 heteroatoms. The van der Waals surface area contributed by atoms with Crippen molar-refractivity contribution in [3.8, 4) is 0 Å². The third-order valence-corrected chi connectivity index (χ3v) is 5.41. The molecule has 0 aliphatic carbocycles. The highest BCUT2D eigenvalue weighted by molar-refractivity contribution is 5.83. The SMILES string of the molecule is CCn1cc(CN2CCC[C@H]2c2cc(C(C)C)on2)c2ccccc21. The quantitative estimate of drug-likeness (QED) is 0.649. The van der Waals surface area contributed by atoms with Gasteiger partial charge < -0.3 is 9.09 Å². The van der Waals surface area contributed by atoms with E-state index in [0.29, 0.717) is 12.0 Å². The van der Waals surface area contributed by atoms with Crippen LogP contribution < -0.4 is 0 Å². The number of fused-ring (bicyclic) bond motifs is 1. The Hall–Kier alpha value is -2.07. The molecule has 3 aromatic rings. The molecule has 132 valence electrons. The van der Waals surface area contributed by atoms with Crippen LogP contribution in [0, 0.1) is 0 Å². The zero-order valence-electron chi connectivity index (χ0n) is 15.4. The second kappa shape index (κ2) is 6.68. The van der Waals surface area contributed by atoms with E-state index in [1.165, 1.54) is 22.9 Å². The Labute approximate surface area is 149 Å². The van der Waals surface area contributed by atoms with Gasteiger partial charge in [-0.15, -0.1) is 0 Å². The number of likely N-dealkylation sites (tertiary alicyclic amines) is 1. The summed E-state index contributed by atoms with van der Waals surface area (Å²) in [6.45, 7) is 9.61. The van der Waals surface area contributed by atoms with Crippen LogP contribution in [0.4, 0.5) is 0 Å². The van der Waals surface area contributed by atoms with E-state index < -0.39 is 0 Å². The normalized spacial score (nSPS) is 18.6. The summed E-state index contributed by atoms with van der Waals surface area (Å²) in [7, 11) is 0. The topological polar surface area (TPSA) is 34.2 Å². The van der Waals surface area contributed by atoms with E-state index in [4.69, 9.17) is 4.52 Å². The number of rotatable bonds is 5. The molecule has 0 amide bonds. The van der Waals surface area contributed by atoms with Gasteiger partial charge in [-0.05, 0) is 37.9 Å². The lowest BCUT2D eigenvalue weighted by Gasteiger charge is -2.22. The first-order valence-corrected chi connectivity index (χ1v) is 9.44. The molecule has 4 rings (SSSR count). The zero-order chi connectivity index (χ0) is 17.4. The van der Waals surface area contributed by atoms with Crippen molar-refractivity contribution < 1.29 is 4.52 Å². The van der Waals surface area contributed by atoms with E-state index in [9.17, 15) is 0 Å². The summed E-state index contributed by atoms with van der Waals surface area (Å²) in [5, 5.41) is 5.75. The standard InChI is InChI=1S/C21H27N3O/c1-4-23-13-16(17-8-5-6-9-19(17)23)14-24-11-7-10-20(24)18-12-21(15(2)3)25-22-18/h5-6,8-9,12-13,15,20H,4,7,10-11,14H2,1-3H3/t20-/m0/s1. The number of aromatic nitrogens is 2. The fourth-order valence-corrected chi connectivity index (χ4v) is 4.01. The van der Waals surface area contributed by atoms with Crippen molar-refractivity contribution in [1.82, 2.24) is 14.6 Å². The van der Waals surface area contributed by atoms with Crippen LogP contribution in [0.3, 0.4) is 0 Å². The van der Waals surface area contributed by atoms with E-state index in [1.807, 2.05) is 0 Å². The highest BCUT2D eigenvalue weighted by Crippen LogP contribution is 2.35. The first-order chi connectivity index (χ1) is 12.2. The lowest BCUT2D eigenvalue weighted by molar-refractivity contribution is 0.237. The Morgan fingerprint density at radius 3 is 2.88 bits per heavy atom. The monoisotopic (exact) mass is 337 g/mol. The summed E-state index contributed by atoms with van der Waals surface area (Å²) in [6, 6.07) is 11.3. The van der Waals surface area contributed by atoms with Crippen LogP contribution >= 0.6 is 0 Å². The molecule has 0 N–H and O–H groups in total. The lowest BCUT2D eigenvalue weighted by Crippen LogP contribution is -2.22. The van der Waals surface area contributed by atoms with E-state index in [2.05, 4.69) is 71.9 Å². The lowest BCUT2D eigenvalue weighted by atomic mass is 10.1. The van der Waals surface area contributed by atoms with E-state index in [0.717, 1.165) is 37.5 Å². The molecule has 0 saturated carbocycles. The van der Waals surface area contributed by atoms with E-state index >= 15 is 0 Å². The number of hydrogen-bond acceptors (Lipinski definition) is 3. The largest absolute Gasteiger partial charge is 0.361 e. The Morgan fingerprint density at radius 1 is 1.28 bits per heavy atom. The second-order valence-corrected chi connectivity index (χ2v) is 7.39. The molecule has 4 nitrogen and oxygen atoms in total. The second-order valence-electron chi connectivity index (χ2n) is 7.39. The summed E-state index contributed by atoms with van der Waals surface area (Å²) in [5.74, 6) is 1.38. The molecule has 0 unspecified atom stereocenters. The minimum absolute atomic E-state index is 0.375. The van der Waals surface area contributed by atoms with Crippen molar-refractivity contribution in [3.63, 3.8) is 0 Å². The first kappa shape index (κ1) is 16.4. The maximum atomic E-state index is 5.55. The molecule has 0 spiro atoms. The molecule has 1 saturated heterocycles. The molecule has 3 heterocycles. The van der Waals surface area contributed by atoms with Crippen LogP contribution in [-0.2, 0) is 13.1 Å². The van der Waals surface area contributed by atoms with Crippen molar-refractivity contribution in [2.75, 3.05) is 6.54 Å². The van der Waals surface area contributed by atoms with Crippen molar-refractivity contribution >= 4 is 10.9 Å². The Morgan fingerprint density at radius 2 is 2.12 bits per heavy atom. The van der Waals surface area contributed by atoms with Gasteiger partial charge in [0.25, 0.3) is 0 Å². The Balaban J connectivity index is 1.61. The van der Waals surface area contributed by atoms with E-state index in [1.54, 1.807) is 0 Å². The van der Waals surface area contributed by atoms with Crippen LogP contribution in [0.2, 0.25) is 0 Å². The maximum Gasteiger partial charge on any atom is 0.139 e. The predicted octanol–water partition coefficient (Wildman–Crippen LogP) is 5.11. The zero-order valence-corrected chi connectivity index (χ0v) is 15.4. The molecular weight excluding hydrogens is 310 g/mol. The fraction of sp³-hybridized carbons (Fsp3) is 0.476. The van der Waals surface area contributed by atoms with Gasteiger partial charge in [-0.25, -0.2) is 0 Å². The molecule has 0 bridgehead atoms. The maximum absolute atomic E-state index is 5.55. The number of aryl methyl sites for hydroxylation is 1. The minimum Gasteiger partial charge on any atom is -0.361 e. The Kier molecular flexibility index (Phi) is 4.38. The van der Waals surface area contributed by atoms with Gasteiger partial charge in [0, 0.05) is 42.2 Å². The Bertz CT molecular complexity index is 861. The van der Waals surface area contributed by atoms with Gasteiger partial charge >= 0.3 is 0 Å². The van der Waals surface area contributed by atoms with Crippen LogP contribution in [-0.4, -0.2) is 21.2 Å². The van der Waals surface area contributed by atoms with Crippen LogP contribution in [0.15, 0.2) is 41.1 Å². The molecule has 1 atom stereocenters. The van der Waals surface area contributed by atoms with Gasteiger partial charge in [-0.3, -0.25) is 4.90 Å². The number of benzene rings is 1. The van der Waals surface area contributed by atoms with Gasteiger partial charge in [-0.1, -0.05) is 37.2 Å². The van der Waals surface area contributed by atoms with E-state index in [-0.39, 0.29) is 0 Å². The average Bonchev–Trinajstić information content (AvgIpc) is 3.33. The van der Waals surface area contributed by atoms with Gasteiger partial charge in [-0.2, -0.15) is 0 Å². The van der Waals surface area contributed by atoms with Gasteiger partial charge in [0.2, 0.25) is 0 Å². The molecule has 1 aliphatic rings. The molecule has 1 fully saturated rings. The molecular formula is C21H27N3O. The highest BCUT2D eigenvalue weighted by atomic mass is 16.5. The first-order valence-electron chi connectivity index (χ1n) is 9.44. The van der Waals surface area contributed by atoms with Gasteiger partial charge in [0.15, 0.2) is 0 Å². The third-order valence-electron chi connectivity index (χ3n) is 5.41. The van der Waals surface area contributed by atoms with Crippen molar-refractivity contribution in [2.45, 2.75) is 58.7 Å².